The molecule has 1 aliphatic heterocycles. The largest absolute Gasteiger partial charge is 0.492 e. The molecule has 0 aliphatic carbocycles. The Morgan fingerprint density at radius 3 is 2.32 bits per heavy atom. The van der Waals surface area contributed by atoms with Crippen molar-refractivity contribution in [2.24, 2.45) is 0 Å². The predicted molar refractivity (Wildman–Crippen MR) is 109 cm³/mol. The van der Waals surface area contributed by atoms with Gasteiger partial charge in [0.1, 0.15) is 10.6 Å². The van der Waals surface area contributed by atoms with Crippen molar-refractivity contribution in [2.45, 2.75) is 38.5 Å². The first kappa shape index (κ1) is 20.4. The molecule has 3 rings (SSSR count). The molecular formula is C21H26N2O4S. The van der Waals surface area contributed by atoms with Gasteiger partial charge in [0.2, 0.25) is 10.0 Å². The van der Waals surface area contributed by atoms with Gasteiger partial charge in [0.05, 0.1) is 6.61 Å². The van der Waals surface area contributed by atoms with Crippen molar-refractivity contribution in [1.82, 2.24) is 4.31 Å². The zero-order chi connectivity index (χ0) is 20.3. The summed E-state index contributed by atoms with van der Waals surface area (Å²) in [6.07, 6.45) is 1.69. The summed E-state index contributed by atoms with van der Waals surface area (Å²) in [5.41, 5.74) is 3.04. The third-order valence-corrected chi connectivity index (χ3v) is 6.59. The van der Waals surface area contributed by atoms with E-state index in [0.717, 1.165) is 24.0 Å². The Bertz CT molecular complexity index is 960. The second-order valence-corrected chi connectivity index (χ2v) is 8.94. The molecule has 0 spiro atoms. The zero-order valence-corrected chi connectivity index (χ0v) is 17.3. The summed E-state index contributed by atoms with van der Waals surface area (Å²) in [6.45, 7) is 7.05. The topological polar surface area (TPSA) is 75.7 Å². The first-order chi connectivity index (χ1) is 13.3. The van der Waals surface area contributed by atoms with E-state index in [1.807, 2.05) is 32.0 Å². The fourth-order valence-electron chi connectivity index (χ4n) is 3.44. The third kappa shape index (κ3) is 4.36. The second-order valence-electron chi connectivity index (χ2n) is 7.04. The van der Waals surface area contributed by atoms with Crippen LogP contribution in [0.5, 0.6) is 5.75 Å². The van der Waals surface area contributed by atoms with Crippen molar-refractivity contribution in [3.8, 4) is 5.75 Å². The van der Waals surface area contributed by atoms with E-state index >= 15 is 0 Å². The van der Waals surface area contributed by atoms with Gasteiger partial charge in [-0.15, -0.1) is 0 Å². The zero-order valence-electron chi connectivity index (χ0n) is 16.5. The van der Waals surface area contributed by atoms with Crippen LogP contribution in [0.25, 0.3) is 0 Å². The van der Waals surface area contributed by atoms with Crippen LogP contribution in [0.2, 0.25) is 0 Å². The lowest BCUT2D eigenvalue weighted by Crippen LogP contribution is -2.28. The molecule has 1 heterocycles. The number of carbonyl (C=O) groups excluding carboxylic acids is 1. The van der Waals surface area contributed by atoms with Gasteiger partial charge >= 0.3 is 0 Å². The van der Waals surface area contributed by atoms with E-state index in [9.17, 15) is 13.2 Å². The van der Waals surface area contributed by atoms with Crippen molar-refractivity contribution >= 4 is 21.6 Å². The molecule has 2 aromatic rings. The number of ether oxygens (including phenoxy) is 1. The molecule has 2 aromatic carbocycles. The van der Waals surface area contributed by atoms with Gasteiger partial charge < -0.3 is 10.1 Å². The molecule has 0 bridgehead atoms. The number of carbonyl (C=O) groups is 1. The van der Waals surface area contributed by atoms with E-state index in [2.05, 4.69) is 5.32 Å². The molecule has 1 saturated heterocycles. The average molecular weight is 403 g/mol. The number of aryl methyl sites for hydroxylation is 2. The number of amides is 1. The number of nitrogens with one attached hydrogen (secondary N) is 1. The molecule has 0 atom stereocenters. The van der Waals surface area contributed by atoms with Gasteiger partial charge in [0.15, 0.2) is 0 Å². The normalized spacial score (nSPS) is 14.8. The van der Waals surface area contributed by atoms with Crippen molar-refractivity contribution in [3.63, 3.8) is 0 Å². The SMILES string of the molecule is CCOc1ccc(C(=O)Nc2cc(C)cc(C)c2)cc1S(=O)(=O)N1CCCC1. The fourth-order valence-corrected chi connectivity index (χ4v) is 5.12. The molecule has 6 nitrogen and oxygen atoms in total. The van der Waals surface area contributed by atoms with Crippen LogP contribution in [0.4, 0.5) is 5.69 Å². The smallest absolute Gasteiger partial charge is 0.255 e. The summed E-state index contributed by atoms with van der Waals surface area (Å²) in [7, 11) is -3.71. The molecule has 0 saturated carbocycles. The van der Waals surface area contributed by atoms with E-state index in [0.29, 0.717) is 25.4 Å². The maximum absolute atomic E-state index is 13.1. The minimum Gasteiger partial charge on any atom is -0.492 e. The van der Waals surface area contributed by atoms with Crippen LogP contribution < -0.4 is 10.1 Å². The molecule has 1 N–H and O–H groups in total. The first-order valence-electron chi connectivity index (χ1n) is 9.48. The molecule has 1 fully saturated rings. The Morgan fingerprint density at radius 1 is 1.07 bits per heavy atom. The van der Waals surface area contributed by atoms with Crippen LogP contribution >= 0.6 is 0 Å². The highest BCUT2D eigenvalue weighted by atomic mass is 32.2. The number of nitrogens with zero attached hydrogens (tertiary/aromatic N) is 1. The monoisotopic (exact) mass is 402 g/mol. The van der Waals surface area contributed by atoms with E-state index < -0.39 is 10.0 Å². The number of hydrogen-bond acceptors (Lipinski definition) is 4. The Kier molecular flexibility index (Phi) is 6.05. The van der Waals surface area contributed by atoms with Crippen LogP contribution in [-0.2, 0) is 10.0 Å². The summed E-state index contributed by atoms with van der Waals surface area (Å²) in [5, 5.41) is 2.85. The van der Waals surface area contributed by atoms with E-state index in [4.69, 9.17) is 4.74 Å². The Hall–Kier alpha value is -2.38. The van der Waals surface area contributed by atoms with Crippen LogP contribution in [0, 0.1) is 13.8 Å². The Labute approximate surface area is 166 Å². The molecule has 1 amide bonds. The van der Waals surface area contributed by atoms with Gasteiger partial charge in [-0.1, -0.05) is 6.07 Å². The van der Waals surface area contributed by atoms with Crippen LogP contribution in [-0.4, -0.2) is 38.3 Å². The number of anilines is 1. The van der Waals surface area contributed by atoms with Crippen LogP contribution in [0.1, 0.15) is 41.3 Å². The highest BCUT2D eigenvalue weighted by molar-refractivity contribution is 7.89. The number of rotatable bonds is 6. The fraction of sp³-hybridized carbons (Fsp3) is 0.381. The molecule has 28 heavy (non-hydrogen) atoms. The Balaban J connectivity index is 1.94. The van der Waals surface area contributed by atoms with Crippen molar-refractivity contribution in [2.75, 3.05) is 25.0 Å². The first-order valence-corrected chi connectivity index (χ1v) is 10.9. The van der Waals surface area contributed by atoms with Crippen LogP contribution in [0.3, 0.4) is 0 Å². The lowest BCUT2D eigenvalue weighted by atomic mass is 10.1. The molecule has 0 aromatic heterocycles. The minimum absolute atomic E-state index is 0.0457. The summed E-state index contributed by atoms with van der Waals surface area (Å²) in [5.74, 6) is -0.0803. The molecule has 1 aliphatic rings. The number of benzene rings is 2. The number of hydrogen-bond donors (Lipinski definition) is 1. The quantitative estimate of drug-likeness (QED) is 0.799. The van der Waals surface area contributed by atoms with Gasteiger partial charge in [-0.2, -0.15) is 4.31 Å². The van der Waals surface area contributed by atoms with Gasteiger partial charge in [0, 0.05) is 24.3 Å². The second kappa shape index (κ2) is 8.32. The standard InChI is InChI=1S/C21H26N2O4S/c1-4-27-19-8-7-17(14-20(19)28(25,26)23-9-5-6-10-23)21(24)22-18-12-15(2)11-16(3)13-18/h7-8,11-14H,4-6,9-10H2,1-3H3,(H,22,24). The average Bonchev–Trinajstić information content (AvgIpc) is 3.16. The lowest BCUT2D eigenvalue weighted by Gasteiger charge is -2.19. The third-order valence-electron chi connectivity index (χ3n) is 4.67. The maximum Gasteiger partial charge on any atom is 0.255 e. The van der Waals surface area contributed by atoms with Crippen molar-refractivity contribution < 1.29 is 17.9 Å². The van der Waals surface area contributed by atoms with Crippen LogP contribution in [0.15, 0.2) is 41.3 Å². The van der Waals surface area contributed by atoms with Crippen molar-refractivity contribution in [3.05, 3.63) is 53.1 Å². The Morgan fingerprint density at radius 2 is 1.71 bits per heavy atom. The van der Waals surface area contributed by atoms with Gasteiger partial charge in [-0.3, -0.25) is 4.79 Å². The summed E-state index contributed by atoms with van der Waals surface area (Å²) >= 11 is 0. The summed E-state index contributed by atoms with van der Waals surface area (Å²) < 4.78 is 33.1. The number of sulfonamides is 1. The van der Waals surface area contributed by atoms with Gasteiger partial charge in [0.25, 0.3) is 5.91 Å². The van der Waals surface area contributed by atoms with Gasteiger partial charge in [-0.05, 0) is 75.1 Å². The van der Waals surface area contributed by atoms with Crippen molar-refractivity contribution in [1.29, 1.82) is 0 Å². The van der Waals surface area contributed by atoms with E-state index in [1.165, 1.54) is 10.4 Å². The van der Waals surface area contributed by atoms with Gasteiger partial charge in [-0.25, -0.2) is 8.42 Å². The summed E-state index contributed by atoms with van der Waals surface area (Å²) in [6, 6.07) is 10.3. The van der Waals surface area contributed by atoms with E-state index in [-0.39, 0.29) is 22.1 Å². The lowest BCUT2D eigenvalue weighted by molar-refractivity contribution is 0.102. The maximum atomic E-state index is 13.1. The van der Waals surface area contributed by atoms with E-state index in [1.54, 1.807) is 19.1 Å². The highest BCUT2D eigenvalue weighted by Gasteiger charge is 2.30. The summed E-state index contributed by atoms with van der Waals surface area (Å²) in [4.78, 5) is 12.8. The predicted octanol–water partition coefficient (Wildman–Crippen LogP) is 3.74. The highest BCUT2D eigenvalue weighted by Crippen LogP contribution is 2.30. The molecule has 0 radical (unpaired) electrons. The molecule has 0 unspecified atom stereocenters. The minimum atomic E-state index is -3.71. The molecule has 150 valence electrons. The molecule has 7 heteroatoms. The molecular weight excluding hydrogens is 376 g/mol.